The fourth-order valence-electron chi connectivity index (χ4n) is 2.06. The van der Waals surface area contributed by atoms with Crippen LogP contribution in [0.1, 0.15) is 19.2 Å². The van der Waals surface area contributed by atoms with Gasteiger partial charge < -0.3 is 10.3 Å². The molecule has 17 heavy (non-hydrogen) atoms. The lowest BCUT2D eigenvalue weighted by molar-refractivity contribution is 0.499. The van der Waals surface area contributed by atoms with Crippen molar-refractivity contribution in [2.75, 3.05) is 6.54 Å². The van der Waals surface area contributed by atoms with Gasteiger partial charge in [-0.2, -0.15) is 0 Å². The van der Waals surface area contributed by atoms with Crippen LogP contribution in [0.3, 0.4) is 0 Å². The van der Waals surface area contributed by atoms with Gasteiger partial charge in [0.1, 0.15) is 11.6 Å². The molecular weight excluding hydrogens is 217 g/mol. The molecule has 0 saturated carbocycles. The number of rotatable bonds is 4. The second kappa shape index (κ2) is 4.84. The average Bonchev–Trinajstić information content (AvgIpc) is 2.62. The first-order chi connectivity index (χ1) is 8.15. The Hall–Kier alpha value is -1.42. The Kier molecular flexibility index (Phi) is 3.43. The molecule has 1 aromatic heterocycles. The lowest BCUT2D eigenvalue weighted by atomic mass is 10.0. The van der Waals surface area contributed by atoms with Gasteiger partial charge in [0.15, 0.2) is 0 Å². The molecule has 0 amide bonds. The van der Waals surface area contributed by atoms with E-state index < -0.39 is 0 Å². The highest BCUT2D eigenvalue weighted by Gasteiger charge is 2.12. The highest BCUT2D eigenvalue weighted by atomic mass is 19.1. The van der Waals surface area contributed by atoms with E-state index in [2.05, 4.69) is 11.9 Å². The fraction of sp³-hybridized carbons (Fsp3) is 0.462. The van der Waals surface area contributed by atoms with Crippen molar-refractivity contribution < 1.29 is 4.39 Å². The minimum absolute atomic E-state index is 0.243. The second-order valence-electron chi connectivity index (χ2n) is 4.43. The molecule has 0 aliphatic carbocycles. The number of benzene rings is 1. The highest BCUT2D eigenvalue weighted by Crippen LogP contribution is 2.18. The molecule has 1 atom stereocenters. The van der Waals surface area contributed by atoms with Crippen LogP contribution < -0.4 is 5.73 Å². The van der Waals surface area contributed by atoms with Crippen LogP contribution in [0.25, 0.3) is 11.0 Å². The number of hydrogen-bond acceptors (Lipinski definition) is 2. The fourth-order valence-corrected chi connectivity index (χ4v) is 2.06. The smallest absolute Gasteiger partial charge is 0.125 e. The molecule has 2 rings (SSSR count). The number of hydrogen-bond donors (Lipinski definition) is 1. The number of halogens is 1. The second-order valence-corrected chi connectivity index (χ2v) is 4.43. The van der Waals surface area contributed by atoms with Crippen LogP contribution in [0.15, 0.2) is 18.2 Å². The SMILES string of the molecule is CCC(CN)Cc1nc2cc(F)ccc2n1C. The van der Waals surface area contributed by atoms with Crippen LogP contribution in [0.4, 0.5) is 4.39 Å². The van der Waals surface area contributed by atoms with Gasteiger partial charge in [-0.3, -0.25) is 0 Å². The molecular formula is C13H18FN3. The van der Waals surface area contributed by atoms with E-state index in [0.717, 1.165) is 29.7 Å². The molecule has 2 aromatic rings. The van der Waals surface area contributed by atoms with E-state index in [0.29, 0.717) is 12.5 Å². The van der Waals surface area contributed by atoms with Gasteiger partial charge in [-0.25, -0.2) is 9.37 Å². The van der Waals surface area contributed by atoms with E-state index in [4.69, 9.17) is 5.73 Å². The van der Waals surface area contributed by atoms with E-state index in [9.17, 15) is 4.39 Å². The monoisotopic (exact) mass is 235 g/mol. The number of aryl methyl sites for hydroxylation is 1. The number of nitrogens with zero attached hydrogens (tertiary/aromatic N) is 2. The van der Waals surface area contributed by atoms with Crippen molar-refractivity contribution in [2.45, 2.75) is 19.8 Å². The van der Waals surface area contributed by atoms with Crippen LogP contribution in [0.5, 0.6) is 0 Å². The molecule has 1 heterocycles. The molecule has 0 fully saturated rings. The standard InChI is InChI=1S/C13H18FN3/c1-3-9(8-15)6-13-16-11-7-10(14)4-5-12(11)17(13)2/h4-5,7,9H,3,6,8,15H2,1-2H3. The number of aromatic nitrogens is 2. The summed E-state index contributed by atoms with van der Waals surface area (Å²) in [6.45, 7) is 2.79. The van der Waals surface area contributed by atoms with Crippen LogP contribution >= 0.6 is 0 Å². The van der Waals surface area contributed by atoms with Gasteiger partial charge in [0, 0.05) is 19.5 Å². The van der Waals surface area contributed by atoms with E-state index in [1.54, 1.807) is 6.07 Å². The number of fused-ring (bicyclic) bond motifs is 1. The van der Waals surface area contributed by atoms with Gasteiger partial charge in [0.05, 0.1) is 11.0 Å². The third-order valence-electron chi connectivity index (χ3n) is 3.32. The first kappa shape index (κ1) is 12.0. The van der Waals surface area contributed by atoms with E-state index in [-0.39, 0.29) is 5.82 Å². The Balaban J connectivity index is 2.38. The molecule has 0 bridgehead atoms. The molecule has 0 aliphatic heterocycles. The van der Waals surface area contributed by atoms with E-state index in [1.165, 1.54) is 12.1 Å². The third kappa shape index (κ3) is 2.31. The average molecular weight is 235 g/mol. The highest BCUT2D eigenvalue weighted by molar-refractivity contribution is 5.75. The molecule has 0 radical (unpaired) electrons. The minimum atomic E-state index is -0.243. The van der Waals surface area contributed by atoms with Gasteiger partial charge in [-0.1, -0.05) is 13.3 Å². The Bertz CT molecular complexity index is 515. The number of imidazole rings is 1. The third-order valence-corrected chi connectivity index (χ3v) is 3.32. The Morgan fingerprint density at radius 2 is 2.24 bits per heavy atom. The largest absolute Gasteiger partial charge is 0.331 e. The predicted octanol–water partition coefficient (Wildman–Crippen LogP) is 2.24. The Morgan fingerprint density at radius 3 is 2.88 bits per heavy atom. The zero-order valence-corrected chi connectivity index (χ0v) is 10.3. The summed E-state index contributed by atoms with van der Waals surface area (Å²) >= 11 is 0. The normalized spacial score (nSPS) is 13.2. The molecule has 1 unspecified atom stereocenters. The summed E-state index contributed by atoms with van der Waals surface area (Å²) in [6, 6.07) is 4.71. The minimum Gasteiger partial charge on any atom is -0.331 e. The first-order valence-electron chi connectivity index (χ1n) is 5.96. The quantitative estimate of drug-likeness (QED) is 0.883. The summed E-state index contributed by atoms with van der Waals surface area (Å²) in [7, 11) is 1.96. The van der Waals surface area contributed by atoms with Gasteiger partial charge in [-0.05, 0) is 24.6 Å². The summed E-state index contributed by atoms with van der Waals surface area (Å²) in [5, 5.41) is 0. The molecule has 0 spiro atoms. The van der Waals surface area contributed by atoms with E-state index in [1.807, 2.05) is 11.6 Å². The molecule has 3 nitrogen and oxygen atoms in total. The zero-order valence-electron chi connectivity index (χ0n) is 10.3. The maximum absolute atomic E-state index is 13.1. The summed E-state index contributed by atoms with van der Waals surface area (Å²) in [6.07, 6.45) is 1.88. The first-order valence-corrected chi connectivity index (χ1v) is 5.96. The van der Waals surface area contributed by atoms with Crippen LogP contribution in [0.2, 0.25) is 0 Å². The van der Waals surface area contributed by atoms with Gasteiger partial charge in [0.2, 0.25) is 0 Å². The van der Waals surface area contributed by atoms with Crippen molar-refractivity contribution in [1.82, 2.24) is 9.55 Å². The summed E-state index contributed by atoms with van der Waals surface area (Å²) < 4.78 is 15.1. The van der Waals surface area contributed by atoms with Crippen molar-refractivity contribution >= 4 is 11.0 Å². The van der Waals surface area contributed by atoms with Crippen molar-refractivity contribution in [3.8, 4) is 0 Å². The topological polar surface area (TPSA) is 43.8 Å². The van der Waals surface area contributed by atoms with E-state index >= 15 is 0 Å². The molecule has 0 aliphatic rings. The van der Waals surface area contributed by atoms with Crippen molar-refractivity contribution in [2.24, 2.45) is 18.7 Å². The molecule has 0 saturated heterocycles. The van der Waals surface area contributed by atoms with Gasteiger partial charge in [0.25, 0.3) is 0 Å². The predicted molar refractivity (Wildman–Crippen MR) is 67.2 cm³/mol. The van der Waals surface area contributed by atoms with Gasteiger partial charge >= 0.3 is 0 Å². The summed E-state index contributed by atoms with van der Waals surface area (Å²) in [5.41, 5.74) is 7.39. The van der Waals surface area contributed by atoms with Crippen molar-refractivity contribution in [1.29, 1.82) is 0 Å². The summed E-state index contributed by atoms with van der Waals surface area (Å²) in [4.78, 5) is 4.48. The summed E-state index contributed by atoms with van der Waals surface area (Å²) in [5.74, 6) is 1.17. The maximum atomic E-state index is 13.1. The molecule has 1 aromatic carbocycles. The van der Waals surface area contributed by atoms with Crippen LogP contribution in [-0.2, 0) is 13.5 Å². The van der Waals surface area contributed by atoms with Crippen LogP contribution in [0, 0.1) is 11.7 Å². The lowest BCUT2D eigenvalue weighted by Crippen LogP contribution is -2.17. The zero-order chi connectivity index (χ0) is 12.4. The van der Waals surface area contributed by atoms with Crippen LogP contribution in [-0.4, -0.2) is 16.1 Å². The lowest BCUT2D eigenvalue weighted by Gasteiger charge is -2.11. The molecule has 4 heteroatoms. The molecule has 92 valence electrons. The molecule has 2 N–H and O–H groups in total. The maximum Gasteiger partial charge on any atom is 0.125 e. The van der Waals surface area contributed by atoms with Crippen molar-refractivity contribution in [3.05, 3.63) is 29.8 Å². The Labute approximate surface area is 100 Å². The number of nitrogens with two attached hydrogens (primary N) is 1. The van der Waals surface area contributed by atoms with Gasteiger partial charge in [-0.15, -0.1) is 0 Å². The van der Waals surface area contributed by atoms with Crippen molar-refractivity contribution in [3.63, 3.8) is 0 Å². The Morgan fingerprint density at radius 1 is 1.47 bits per heavy atom.